The molecule has 82 valence electrons. The summed E-state index contributed by atoms with van der Waals surface area (Å²) in [5, 5.41) is 0. The summed E-state index contributed by atoms with van der Waals surface area (Å²) in [5.74, 6) is 0.382. The number of aryl methyl sites for hydroxylation is 1. The van der Waals surface area contributed by atoms with Crippen molar-refractivity contribution in [2.45, 2.75) is 32.6 Å². The first-order valence-corrected chi connectivity index (χ1v) is 5.29. The molecule has 0 aliphatic rings. The van der Waals surface area contributed by atoms with Crippen molar-refractivity contribution in [1.82, 2.24) is 0 Å². The van der Waals surface area contributed by atoms with Gasteiger partial charge in [-0.25, -0.2) is 0 Å². The Labute approximate surface area is 91.3 Å². The molecule has 0 aromatic heterocycles. The molecule has 0 saturated heterocycles. The second-order valence-electron chi connectivity index (χ2n) is 3.98. The number of esters is 1. The third-order valence-electron chi connectivity index (χ3n) is 2.46. The minimum absolute atomic E-state index is 0.148. The molecule has 0 heterocycles. The SMILES string of the molecule is COC(=O)CCc1cccc(C(C)C)c1. The van der Waals surface area contributed by atoms with Crippen molar-refractivity contribution in [2.24, 2.45) is 0 Å². The van der Waals surface area contributed by atoms with E-state index >= 15 is 0 Å². The summed E-state index contributed by atoms with van der Waals surface area (Å²) in [4.78, 5) is 11.0. The molecule has 1 aromatic carbocycles. The molecule has 0 aliphatic carbocycles. The second kappa shape index (κ2) is 5.54. The number of methoxy groups -OCH3 is 1. The monoisotopic (exact) mass is 206 g/mol. The van der Waals surface area contributed by atoms with E-state index in [9.17, 15) is 4.79 Å². The largest absolute Gasteiger partial charge is 0.469 e. The first-order valence-electron chi connectivity index (χ1n) is 5.29. The molecule has 0 saturated carbocycles. The molecule has 2 nitrogen and oxygen atoms in total. The lowest BCUT2D eigenvalue weighted by atomic mass is 9.99. The van der Waals surface area contributed by atoms with Crippen molar-refractivity contribution in [1.29, 1.82) is 0 Å². The number of rotatable bonds is 4. The lowest BCUT2D eigenvalue weighted by Crippen LogP contribution is -2.02. The molecule has 2 heteroatoms. The van der Waals surface area contributed by atoms with E-state index in [1.54, 1.807) is 0 Å². The number of carbonyl (C=O) groups excluding carboxylic acids is 1. The normalized spacial score (nSPS) is 10.4. The van der Waals surface area contributed by atoms with Crippen LogP contribution in [0.4, 0.5) is 0 Å². The zero-order valence-electron chi connectivity index (χ0n) is 9.62. The number of hydrogen-bond donors (Lipinski definition) is 0. The third kappa shape index (κ3) is 3.74. The van der Waals surface area contributed by atoms with E-state index in [0.29, 0.717) is 12.3 Å². The van der Waals surface area contributed by atoms with Gasteiger partial charge in [-0.05, 0) is 23.5 Å². The van der Waals surface area contributed by atoms with Crippen LogP contribution in [0.25, 0.3) is 0 Å². The predicted molar refractivity (Wildman–Crippen MR) is 60.9 cm³/mol. The van der Waals surface area contributed by atoms with Crippen LogP contribution in [-0.4, -0.2) is 13.1 Å². The summed E-state index contributed by atoms with van der Waals surface area (Å²) < 4.78 is 4.61. The third-order valence-corrected chi connectivity index (χ3v) is 2.46. The summed E-state index contributed by atoms with van der Waals surface area (Å²) in [6.45, 7) is 4.33. The molecule has 0 bridgehead atoms. The Bertz CT molecular complexity index is 329. The van der Waals surface area contributed by atoms with Crippen LogP contribution in [-0.2, 0) is 16.0 Å². The Morgan fingerprint density at radius 2 is 2.13 bits per heavy atom. The average molecular weight is 206 g/mol. The molecule has 0 atom stereocenters. The van der Waals surface area contributed by atoms with Crippen molar-refractivity contribution in [3.8, 4) is 0 Å². The first kappa shape index (κ1) is 11.8. The zero-order valence-corrected chi connectivity index (χ0v) is 9.62. The standard InChI is InChI=1S/C13H18O2/c1-10(2)12-6-4-5-11(9-12)7-8-13(14)15-3/h4-6,9-10H,7-8H2,1-3H3. The van der Waals surface area contributed by atoms with E-state index in [0.717, 1.165) is 6.42 Å². The van der Waals surface area contributed by atoms with Crippen LogP contribution in [0, 0.1) is 0 Å². The molecule has 0 unspecified atom stereocenters. The predicted octanol–water partition coefficient (Wildman–Crippen LogP) is 2.92. The molecule has 0 N–H and O–H groups in total. The van der Waals surface area contributed by atoms with Gasteiger partial charge in [0, 0.05) is 6.42 Å². The van der Waals surface area contributed by atoms with Crippen molar-refractivity contribution in [3.63, 3.8) is 0 Å². The van der Waals surface area contributed by atoms with Crippen LogP contribution < -0.4 is 0 Å². The summed E-state index contributed by atoms with van der Waals surface area (Å²) in [6.07, 6.45) is 1.21. The summed E-state index contributed by atoms with van der Waals surface area (Å²) in [6, 6.07) is 8.37. The Hall–Kier alpha value is -1.31. The van der Waals surface area contributed by atoms with Gasteiger partial charge in [0.25, 0.3) is 0 Å². The summed E-state index contributed by atoms with van der Waals surface area (Å²) in [5.41, 5.74) is 2.52. The maximum absolute atomic E-state index is 11.0. The van der Waals surface area contributed by atoms with Crippen LogP contribution in [0.3, 0.4) is 0 Å². The Morgan fingerprint density at radius 1 is 1.40 bits per heavy atom. The van der Waals surface area contributed by atoms with Gasteiger partial charge in [-0.3, -0.25) is 4.79 Å². The van der Waals surface area contributed by atoms with Gasteiger partial charge in [-0.2, -0.15) is 0 Å². The highest BCUT2D eigenvalue weighted by Crippen LogP contribution is 2.16. The van der Waals surface area contributed by atoms with Crippen molar-refractivity contribution < 1.29 is 9.53 Å². The fourth-order valence-electron chi connectivity index (χ4n) is 1.46. The van der Waals surface area contributed by atoms with Crippen molar-refractivity contribution in [3.05, 3.63) is 35.4 Å². The highest BCUT2D eigenvalue weighted by molar-refractivity contribution is 5.69. The molecule has 1 aromatic rings. The maximum atomic E-state index is 11.0. The summed E-state index contributed by atoms with van der Waals surface area (Å²) >= 11 is 0. The van der Waals surface area contributed by atoms with Gasteiger partial charge in [-0.1, -0.05) is 38.1 Å². The topological polar surface area (TPSA) is 26.3 Å². The summed E-state index contributed by atoms with van der Waals surface area (Å²) in [7, 11) is 1.42. The van der Waals surface area contributed by atoms with Crippen LogP contribution in [0.15, 0.2) is 24.3 Å². The van der Waals surface area contributed by atoms with E-state index in [1.807, 2.05) is 6.07 Å². The van der Waals surface area contributed by atoms with E-state index in [2.05, 4.69) is 36.8 Å². The molecule has 0 aliphatic heterocycles. The number of hydrogen-bond acceptors (Lipinski definition) is 2. The van der Waals surface area contributed by atoms with Crippen LogP contribution in [0.2, 0.25) is 0 Å². The lowest BCUT2D eigenvalue weighted by Gasteiger charge is -2.07. The molecule has 1 rings (SSSR count). The van der Waals surface area contributed by atoms with E-state index < -0.39 is 0 Å². The van der Waals surface area contributed by atoms with Crippen molar-refractivity contribution >= 4 is 5.97 Å². The molecule has 0 amide bonds. The molecular weight excluding hydrogens is 188 g/mol. The molecular formula is C13H18O2. The van der Waals surface area contributed by atoms with Gasteiger partial charge in [-0.15, -0.1) is 0 Å². The van der Waals surface area contributed by atoms with Gasteiger partial charge >= 0.3 is 5.97 Å². The number of ether oxygens (including phenoxy) is 1. The maximum Gasteiger partial charge on any atom is 0.305 e. The minimum Gasteiger partial charge on any atom is -0.469 e. The Balaban J connectivity index is 2.61. The fourth-order valence-corrected chi connectivity index (χ4v) is 1.46. The lowest BCUT2D eigenvalue weighted by molar-refractivity contribution is -0.140. The minimum atomic E-state index is -0.148. The molecule has 0 spiro atoms. The smallest absolute Gasteiger partial charge is 0.305 e. The van der Waals surface area contributed by atoms with Crippen LogP contribution >= 0.6 is 0 Å². The second-order valence-corrected chi connectivity index (χ2v) is 3.98. The highest BCUT2D eigenvalue weighted by Gasteiger charge is 2.03. The molecule has 15 heavy (non-hydrogen) atoms. The van der Waals surface area contributed by atoms with Gasteiger partial charge in [0.1, 0.15) is 0 Å². The Kier molecular flexibility index (Phi) is 4.35. The zero-order chi connectivity index (χ0) is 11.3. The van der Waals surface area contributed by atoms with E-state index in [-0.39, 0.29) is 5.97 Å². The highest BCUT2D eigenvalue weighted by atomic mass is 16.5. The van der Waals surface area contributed by atoms with Crippen molar-refractivity contribution in [2.75, 3.05) is 7.11 Å². The van der Waals surface area contributed by atoms with E-state index in [4.69, 9.17) is 0 Å². The molecule has 0 radical (unpaired) electrons. The van der Waals surface area contributed by atoms with Gasteiger partial charge in [0.05, 0.1) is 7.11 Å². The number of benzene rings is 1. The first-order chi connectivity index (χ1) is 7.13. The average Bonchev–Trinajstić information content (AvgIpc) is 2.26. The quantitative estimate of drug-likeness (QED) is 0.708. The van der Waals surface area contributed by atoms with Gasteiger partial charge in [0.15, 0.2) is 0 Å². The van der Waals surface area contributed by atoms with Crippen LogP contribution in [0.1, 0.15) is 37.3 Å². The van der Waals surface area contributed by atoms with Gasteiger partial charge in [0.2, 0.25) is 0 Å². The van der Waals surface area contributed by atoms with E-state index in [1.165, 1.54) is 18.2 Å². The fraction of sp³-hybridized carbons (Fsp3) is 0.462. The number of carbonyl (C=O) groups is 1. The van der Waals surface area contributed by atoms with Crippen LogP contribution in [0.5, 0.6) is 0 Å². The van der Waals surface area contributed by atoms with Gasteiger partial charge < -0.3 is 4.74 Å². The molecule has 0 fully saturated rings. The Morgan fingerprint density at radius 3 is 2.73 bits per heavy atom.